The number of rotatable bonds is 4. The van der Waals surface area contributed by atoms with Crippen LogP contribution in [0, 0.1) is 0 Å². The summed E-state index contributed by atoms with van der Waals surface area (Å²) in [6.07, 6.45) is 0. The van der Waals surface area contributed by atoms with E-state index in [1.165, 1.54) is 18.3 Å². The van der Waals surface area contributed by atoms with Gasteiger partial charge in [-0.1, -0.05) is 18.2 Å². The van der Waals surface area contributed by atoms with Crippen LogP contribution in [0.4, 0.5) is 5.69 Å². The quantitative estimate of drug-likeness (QED) is 0.673. The standard InChI is InChI=1S/C15H15N3O2S/c1-10(17-18-11(2)19)12-5-7-13(8-6-12)16-15(20)14-4-3-9-21-14/h3-9H,1-2H3,(H,16,20)(H,18,19)/b17-10+. The summed E-state index contributed by atoms with van der Waals surface area (Å²) >= 11 is 1.40. The highest BCUT2D eigenvalue weighted by molar-refractivity contribution is 7.12. The van der Waals surface area contributed by atoms with E-state index >= 15 is 0 Å². The van der Waals surface area contributed by atoms with Crippen LogP contribution >= 0.6 is 11.3 Å². The van der Waals surface area contributed by atoms with Crippen LogP contribution in [0.5, 0.6) is 0 Å². The Morgan fingerprint density at radius 3 is 2.38 bits per heavy atom. The number of nitrogens with zero attached hydrogens (tertiary/aromatic N) is 1. The molecule has 21 heavy (non-hydrogen) atoms. The molecule has 2 N–H and O–H groups in total. The van der Waals surface area contributed by atoms with Crippen molar-refractivity contribution in [1.29, 1.82) is 0 Å². The average Bonchev–Trinajstić information content (AvgIpc) is 3.00. The molecule has 0 bridgehead atoms. The van der Waals surface area contributed by atoms with Crippen molar-refractivity contribution in [1.82, 2.24) is 5.43 Å². The Kier molecular flexibility index (Phi) is 4.84. The monoisotopic (exact) mass is 301 g/mol. The maximum Gasteiger partial charge on any atom is 0.265 e. The summed E-state index contributed by atoms with van der Waals surface area (Å²) in [5.74, 6) is -0.337. The van der Waals surface area contributed by atoms with Crippen molar-refractivity contribution in [2.24, 2.45) is 5.10 Å². The predicted molar refractivity (Wildman–Crippen MR) is 84.7 cm³/mol. The van der Waals surface area contributed by atoms with Crippen LogP contribution < -0.4 is 10.7 Å². The third-order valence-corrected chi connectivity index (χ3v) is 3.56. The van der Waals surface area contributed by atoms with Gasteiger partial charge in [-0.25, -0.2) is 5.43 Å². The lowest BCUT2D eigenvalue weighted by Gasteiger charge is -2.05. The molecule has 5 nitrogen and oxygen atoms in total. The minimum atomic E-state index is -0.214. The molecule has 1 aromatic heterocycles. The zero-order valence-electron chi connectivity index (χ0n) is 11.7. The molecule has 0 aliphatic heterocycles. The Morgan fingerprint density at radius 2 is 1.81 bits per heavy atom. The van der Waals surface area contributed by atoms with Crippen molar-refractivity contribution < 1.29 is 9.59 Å². The molecule has 0 saturated heterocycles. The van der Waals surface area contributed by atoms with E-state index in [1.807, 2.05) is 23.6 Å². The number of amides is 2. The lowest BCUT2D eigenvalue weighted by molar-refractivity contribution is -0.118. The Morgan fingerprint density at radius 1 is 1.10 bits per heavy atom. The molecule has 1 heterocycles. The molecule has 0 fully saturated rings. The van der Waals surface area contributed by atoms with Gasteiger partial charge in [-0.3, -0.25) is 9.59 Å². The molecule has 0 atom stereocenters. The first kappa shape index (κ1) is 14.9. The van der Waals surface area contributed by atoms with Crippen LogP contribution in [0.1, 0.15) is 29.1 Å². The van der Waals surface area contributed by atoms with Gasteiger partial charge in [0, 0.05) is 12.6 Å². The van der Waals surface area contributed by atoms with Crippen molar-refractivity contribution in [3.05, 3.63) is 52.2 Å². The van der Waals surface area contributed by atoms with Crippen LogP contribution in [0.25, 0.3) is 0 Å². The number of carbonyl (C=O) groups is 2. The lowest BCUT2D eigenvalue weighted by Crippen LogP contribution is -2.15. The number of carbonyl (C=O) groups excluding carboxylic acids is 2. The van der Waals surface area contributed by atoms with E-state index in [9.17, 15) is 9.59 Å². The second kappa shape index (κ2) is 6.81. The molecule has 0 aliphatic rings. The summed E-state index contributed by atoms with van der Waals surface area (Å²) in [6.45, 7) is 3.20. The van der Waals surface area contributed by atoms with Gasteiger partial charge in [-0.05, 0) is 36.1 Å². The Labute approximate surface area is 126 Å². The van der Waals surface area contributed by atoms with Crippen LogP contribution in [-0.2, 0) is 4.79 Å². The van der Waals surface area contributed by atoms with E-state index in [0.29, 0.717) is 16.3 Å². The van der Waals surface area contributed by atoms with Crippen LogP contribution in [0.2, 0.25) is 0 Å². The topological polar surface area (TPSA) is 70.6 Å². The summed E-state index contributed by atoms with van der Waals surface area (Å²) < 4.78 is 0. The Bertz CT molecular complexity index is 661. The molecule has 108 valence electrons. The lowest BCUT2D eigenvalue weighted by atomic mass is 10.1. The summed E-state index contributed by atoms with van der Waals surface area (Å²) in [7, 11) is 0. The minimum absolute atomic E-state index is 0.124. The van der Waals surface area contributed by atoms with E-state index < -0.39 is 0 Å². The predicted octanol–water partition coefficient (Wildman–Crippen LogP) is 2.86. The van der Waals surface area contributed by atoms with E-state index in [1.54, 1.807) is 25.1 Å². The third-order valence-electron chi connectivity index (χ3n) is 2.69. The van der Waals surface area contributed by atoms with Gasteiger partial charge in [-0.2, -0.15) is 5.10 Å². The zero-order chi connectivity index (χ0) is 15.2. The van der Waals surface area contributed by atoms with Crippen molar-refractivity contribution in [2.45, 2.75) is 13.8 Å². The molecule has 0 aliphatic carbocycles. The molecular weight excluding hydrogens is 286 g/mol. The van der Waals surface area contributed by atoms with E-state index in [2.05, 4.69) is 15.8 Å². The Hall–Kier alpha value is -2.47. The van der Waals surface area contributed by atoms with Gasteiger partial charge in [-0.15, -0.1) is 11.3 Å². The average molecular weight is 301 g/mol. The Balaban J connectivity index is 2.03. The molecule has 2 amide bonds. The van der Waals surface area contributed by atoms with Crippen molar-refractivity contribution in [3.63, 3.8) is 0 Å². The molecule has 0 spiro atoms. The van der Waals surface area contributed by atoms with Crippen molar-refractivity contribution >= 4 is 34.6 Å². The fourth-order valence-electron chi connectivity index (χ4n) is 1.62. The van der Waals surface area contributed by atoms with E-state index in [0.717, 1.165) is 5.56 Å². The highest BCUT2D eigenvalue weighted by Crippen LogP contribution is 2.14. The van der Waals surface area contributed by atoms with Crippen LogP contribution in [0.3, 0.4) is 0 Å². The molecule has 0 radical (unpaired) electrons. The van der Waals surface area contributed by atoms with Gasteiger partial charge < -0.3 is 5.32 Å². The fourth-order valence-corrected chi connectivity index (χ4v) is 2.24. The van der Waals surface area contributed by atoms with Gasteiger partial charge in [0.2, 0.25) is 5.91 Å². The maximum atomic E-state index is 11.9. The maximum absolute atomic E-state index is 11.9. The van der Waals surface area contributed by atoms with Crippen molar-refractivity contribution in [2.75, 3.05) is 5.32 Å². The summed E-state index contributed by atoms with van der Waals surface area (Å²) in [6, 6.07) is 10.9. The number of hydrogen-bond acceptors (Lipinski definition) is 4. The first-order valence-corrected chi connectivity index (χ1v) is 7.20. The molecule has 1 aromatic carbocycles. The molecule has 2 rings (SSSR count). The zero-order valence-corrected chi connectivity index (χ0v) is 12.5. The SMILES string of the molecule is CC(=O)N/N=C(\C)c1ccc(NC(=O)c2cccs2)cc1. The second-order valence-electron chi connectivity index (χ2n) is 4.37. The number of anilines is 1. The van der Waals surface area contributed by atoms with E-state index in [4.69, 9.17) is 0 Å². The number of benzene rings is 1. The number of hydrogen-bond donors (Lipinski definition) is 2. The highest BCUT2D eigenvalue weighted by atomic mass is 32.1. The molecular formula is C15H15N3O2S. The van der Waals surface area contributed by atoms with Crippen LogP contribution in [-0.4, -0.2) is 17.5 Å². The van der Waals surface area contributed by atoms with Crippen molar-refractivity contribution in [3.8, 4) is 0 Å². The highest BCUT2D eigenvalue weighted by Gasteiger charge is 2.06. The molecule has 6 heteroatoms. The van der Waals surface area contributed by atoms with Gasteiger partial charge in [0.15, 0.2) is 0 Å². The van der Waals surface area contributed by atoms with Gasteiger partial charge in [0.25, 0.3) is 5.91 Å². The number of hydrazone groups is 1. The number of thiophene rings is 1. The normalized spacial score (nSPS) is 11.0. The summed E-state index contributed by atoms with van der Waals surface area (Å²) in [5, 5.41) is 8.64. The molecule has 2 aromatic rings. The van der Waals surface area contributed by atoms with Gasteiger partial charge >= 0.3 is 0 Å². The smallest absolute Gasteiger partial charge is 0.265 e. The summed E-state index contributed by atoms with van der Waals surface area (Å²) in [5.41, 5.74) is 4.67. The number of nitrogens with one attached hydrogen (secondary N) is 2. The molecule has 0 saturated carbocycles. The minimum Gasteiger partial charge on any atom is -0.321 e. The first-order valence-electron chi connectivity index (χ1n) is 6.32. The largest absolute Gasteiger partial charge is 0.321 e. The third kappa shape index (κ3) is 4.25. The van der Waals surface area contributed by atoms with Gasteiger partial charge in [0.05, 0.1) is 10.6 Å². The summed E-state index contributed by atoms with van der Waals surface area (Å²) in [4.78, 5) is 23.4. The van der Waals surface area contributed by atoms with Gasteiger partial charge in [0.1, 0.15) is 0 Å². The van der Waals surface area contributed by atoms with Crippen LogP contribution in [0.15, 0.2) is 46.9 Å². The molecule has 0 unspecified atom stereocenters. The first-order chi connectivity index (χ1) is 10.1. The second-order valence-corrected chi connectivity index (χ2v) is 5.32. The fraction of sp³-hybridized carbons (Fsp3) is 0.133. The van der Waals surface area contributed by atoms with E-state index in [-0.39, 0.29) is 11.8 Å².